The predicted octanol–water partition coefficient (Wildman–Crippen LogP) is 1.74. The molecule has 1 aliphatic heterocycles. The van der Waals surface area contributed by atoms with E-state index in [0.717, 1.165) is 45.2 Å². The van der Waals surface area contributed by atoms with Crippen molar-refractivity contribution in [3.8, 4) is 0 Å². The third kappa shape index (κ3) is 5.09. The second-order valence-corrected chi connectivity index (χ2v) is 6.60. The van der Waals surface area contributed by atoms with Crippen LogP contribution in [0.2, 0.25) is 0 Å². The van der Waals surface area contributed by atoms with Crippen molar-refractivity contribution in [1.82, 2.24) is 19.8 Å². The summed E-state index contributed by atoms with van der Waals surface area (Å²) in [6.07, 6.45) is 4.21. The zero-order valence-corrected chi connectivity index (χ0v) is 13.9. The number of rotatable bonds is 7. The fourth-order valence-electron chi connectivity index (χ4n) is 2.69. The Morgan fingerprint density at radius 1 is 1.38 bits per heavy atom. The molecule has 1 saturated heterocycles. The van der Waals surface area contributed by atoms with E-state index in [-0.39, 0.29) is 6.10 Å². The molecule has 1 aromatic heterocycles. The molecule has 2 rings (SSSR count). The summed E-state index contributed by atoms with van der Waals surface area (Å²) in [4.78, 5) is 6.95. The molecule has 1 N–H and O–H groups in total. The summed E-state index contributed by atoms with van der Waals surface area (Å²) in [5.74, 6) is 1.76. The highest BCUT2D eigenvalue weighted by Gasteiger charge is 2.23. The number of aromatic nitrogens is 2. The van der Waals surface area contributed by atoms with Gasteiger partial charge in [-0.25, -0.2) is 4.98 Å². The highest BCUT2D eigenvalue weighted by molar-refractivity contribution is 4.93. The quantitative estimate of drug-likeness (QED) is 0.832. The van der Waals surface area contributed by atoms with Gasteiger partial charge >= 0.3 is 0 Å². The number of hydrogen-bond donors (Lipinski definition) is 1. The lowest BCUT2D eigenvalue weighted by Gasteiger charge is -2.35. The van der Waals surface area contributed by atoms with E-state index in [1.807, 2.05) is 6.20 Å². The van der Waals surface area contributed by atoms with Crippen molar-refractivity contribution in [1.29, 1.82) is 0 Å². The molecular weight excluding hydrogens is 264 g/mol. The Bertz CT molecular complexity index is 416. The fourth-order valence-corrected chi connectivity index (χ4v) is 2.69. The van der Waals surface area contributed by atoms with Crippen LogP contribution < -0.4 is 5.32 Å². The topological polar surface area (TPSA) is 42.3 Å². The van der Waals surface area contributed by atoms with E-state index in [1.54, 1.807) is 0 Å². The van der Waals surface area contributed by atoms with Crippen LogP contribution >= 0.6 is 0 Å². The van der Waals surface area contributed by atoms with Gasteiger partial charge in [-0.05, 0) is 26.3 Å². The number of morpholine rings is 1. The van der Waals surface area contributed by atoms with Crippen molar-refractivity contribution in [3.63, 3.8) is 0 Å². The van der Waals surface area contributed by atoms with Crippen molar-refractivity contribution in [3.05, 3.63) is 18.2 Å². The Labute approximate surface area is 128 Å². The van der Waals surface area contributed by atoms with Crippen molar-refractivity contribution in [2.45, 2.75) is 52.9 Å². The van der Waals surface area contributed by atoms with Gasteiger partial charge in [-0.15, -0.1) is 0 Å². The molecule has 2 heterocycles. The number of nitrogens with zero attached hydrogens (tertiary/aromatic N) is 3. The van der Waals surface area contributed by atoms with E-state index < -0.39 is 0 Å². The van der Waals surface area contributed by atoms with Gasteiger partial charge in [0.2, 0.25) is 0 Å². The molecule has 1 aromatic rings. The first-order chi connectivity index (χ1) is 10.1. The third-order valence-corrected chi connectivity index (χ3v) is 3.94. The number of ether oxygens (including phenoxy) is 1. The van der Waals surface area contributed by atoms with Crippen molar-refractivity contribution >= 4 is 0 Å². The molecule has 1 atom stereocenters. The van der Waals surface area contributed by atoms with E-state index in [1.165, 1.54) is 0 Å². The van der Waals surface area contributed by atoms with Crippen molar-refractivity contribution < 1.29 is 4.74 Å². The zero-order valence-electron chi connectivity index (χ0n) is 13.9. The van der Waals surface area contributed by atoms with Gasteiger partial charge < -0.3 is 14.6 Å². The van der Waals surface area contributed by atoms with Crippen LogP contribution in [0.5, 0.6) is 0 Å². The van der Waals surface area contributed by atoms with Crippen LogP contribution in [0.3, 0.4) is 0 Å². The maximum Gasteiger partial charge on any atom is 0.122 e. The minimum atomic E-state index is 0.263. The molecule has 0 saturated carbocycles. The second-order valence-electron chi connectivity index (χ2n) is 6.60. The smallest absolute Gasteiger partial charge is 0.122 e. The summed E-state index contributed by atoms with van der Waals surface area (Å²) in [6, 6.07) is 0.589. The summed E-state index contributed by atoms with van der Waals surface area (Å²) in [7, 11) is 0. The van der Waals surface area contributed by atoms with Crippen molar-refractivity contribution in [2.24, 2.45) is 5.92 Å². The largest absolute Gasteiger partial charge is 0.374 e. The molecular formula is C16H30N4O. The summed E-state index contributed by atoms with van der Waals surface area (Å²) in [6.45, 7) is 14.6. The Morgan fingerprint density at radius 3 is 2.90 bits per heavy atom. The van der Waals surface area contributed by atoms with Crippen LogP contribution in [-0.4, -0.2) is 52.8 Å². The molecule has 0 radical (unpaired) electrons. The first-order valence-electron chi connectivity index (χ1n) is 8.12. The minimum Gasteiger partial charge on any atom is -0.374 e. The molecule has 0 aliphatic carbocycles. The number of hydrogen-bond acceptors (Lipinski definition) is 4. The average Bonchev–Trinajstić information content (AvgIpc) is 2.86. The molecule has 21 heavy (non-hydrogen) atoms. The Balaban J connectivity index is 1.86. The molecule has 120 valence electrons. The lowest BCUT2D eigenvalue weighted by atomic mass is 10.2. The van der Waals surface area contributed by atoms with Crippen LogP contribution in [0.4, 0.5) is 0 Å². The van der Waals surface area contributed by atoms with Gasteiger partial charge in [0.15, 0.2) is 0 Å². The lowest BCUT2D eigenvalue weighted by molar-refractivity contribution is -0.0459. The molecule has 0 bridgehead atoms. The Morgan fingerprint density at radius 2 is 2.19 bits per heavy atom. The highest BCUT2D eigenvalue weighted by atomic mass is 16.5. The van der Waals surface area contributed by atoms with E-state index in [0.29, 0.717) is 12.0 Å². The van der Waals surface area contributed by atoms with Crippen LogP contribution in [0.15, 0.2) is 12.4 Å². The molecule has 1 fully saturated rings. The van der Waals surface area contributed by atoms with E-state index >= 15 is 0 Å². The fraction of sp³-hybridized carbons (Fsp3) is 0.812. The van der Waals surface area contributed by atoms with Gasteiger partial charge in [0, 0.05) is 31.5 Å². The summed E-state index contributed by atoms with van der Waals surface area (Å²) in [5, 5.41) is 3.46. The van der Waals surface area contributed by atoms with Gasteiger partial charge in [0.25, 0.3) is 0 Å². The SMILES string of the molecule is CC(C)CNCc1nccn1CC1CN(C(C)C)CCO1. The molecule has 1 aliphatic rings. The van der Waals surface area contributed by atoms with Gasteiger partial charge in [-0.1, -0.05) is 13.8 Å². The van der Waals surface area contributed by atoms with Crippen LogP contribution in [0.25, 0.3) is 0 Å². The predicted molar refractivity (Wildman–Crippen MR) is 85.2 cm³/mol. The zero-order chi connectivity index (χ0) is 15.2. The molecule has 5 heteroatoms. The normalized spacial score (nSPS) is 20.6. The summed E-state index contributed by atoms with van der Waals surface area (Å²) >= 11 is 0. The maximum absolute atomic E-state index is 5.92. The molecule has 5 nitrogen and oxygen atoms in total. The third-order valence-electron chi connectivity index (χ3n) is 3.94. The number of nitrogens with one attached hydrogen (secondary N) is 1. The molecule has 0 spiro atoms. The molecule has 0 aromatic carbocycles. The van der Waals surface area contributed by atoms with Crippen LogP contribution in [-0.2, 0) is 17.8 Å². The Kier molecular flexibility index (Phi) is 6.21. The molecule has 1 unspecified atom stereocenters. The number of imidazole rings is 1. The second kappa shape index (κ2) is 7.92. The highest BCUT2D eigenvalue weighted by Crippen LogP contribution is 2.11. The average molecular weight is 294 g/mol. The van der Waals surface area contributed by atoms with Gasteiger partial charge in [0.05, 0.1) is 25.8 Å². The lowest BCUT2D eigenvalue weighted by Crippen LogP contribution is -2.47. The maximum atomic E-state index is 5.92. The molecule has 0 amide bonds. The standard InChI is InChI=1S/C16H30N4O/c1-13(2)9-17-10-16-18-5-6-20(16)12-15-11-19(14(3)4)7-8-21-15/h5-6,13-15,17H,7-12H2,1-4H3. The minimum absolute atomic E-state index is 0.263. The Hall–Kier alpha value is -0.910. The van der Waals surface area contributed by atoms with E-state index in [2.05, 4.69) is 53.7 Å². The van der Waals surface area contributed by atoms with Crippen LogP contribution in [0, 0.1) is 5.92 Å². The summed E-state index contributed by atoms with van der Waals surface area (Å²) < 4.78 is 8.14. The first kappa shape index (κ1) is 16.5. The van der Waals surface area contributed by atoms with Gasteiger partial charge in [0.1, 0.15) is 5.82 Å². The van der Waals surface area contributed by atoms with Crippen molar-refractivity contribution in [2.75, 3.05) is 26.2 Å². The van der Waals surface area contributed by atoms with Gasteiger partial charge in [-0.2, -0.15) is 0 Å². The first-order valence-corrected chi connectivity index (χ1v) is 8.12. The summed E-state index contributed by atoms with van der Waals surface area (Å²) in [5.41, 5.74) is 0. The van der Waals surface area contributed by atoms with Gasteiger partial charge in [-0.3, -0.25) is 4.90 Å². The van der Waals surface area contributed by atoms with E-state index in [9.17, 15) is 0 Å². The van der Waals surface area contributed by atoms with E-state index in [4.69, 9.17) is 4.74 Å². The monoisotopic (exact) mass is 294 g/mol. The van der Waals surface area contributed by atoms with Crippen LogP contribution in [0.1, 0.15) is 33.5 Å².